The van der Waals surface area contributed by atoms with Crippen molar-refractivity contribution in [3.63, 3.8) is 0 Å². The van der Waals surface area contributed by atoms with Crippen LogP contribution in [0.5, 0.6) is 5.75 Å². The molecule has 0 unspecified atom stereocenters. The average molecular weight is 353 g/mol. The van der Waals surface area contributed by atoms with Gasteiger partial charge in [-0.05, 0) is 55.1 Å². The van der Waals surface area contributed by atoms with Crippen molar-refractivity contribution >= 4 is 5.91 Å². The fraction of sp³-hybridized carbons (Fsp3) is 0.429. The van der Waals surface area contributed by atoms with Crippen molar-refractivity contribution in [3.8, 4) is 5.75 Å². The third-order valence-corrected chi connectivity index (χ3v) is 4.93. The van der Waals surface area contributed by atoms with Gasteiger partial charge in [0.15, 0.2) is 0 Å². The lowest BCUT2D eigenvalue weighted by molar-refractivity contribution is -0.129. The van der Waals surface area contributed by atoms with Crippen LogP contribution in [0.1, 0.15) is 30.4 Å². The molecule has 1 aliphatic rings. The number of methoxy groups -OCH3 is 1. The molecular weight excluding hydrogens is 326 g/mol. The average Bonchev–Trinajstić information content (AvgIpc) is 3.04. The number of likely N-dealkylation sites (tertiary alicyclic amines) is 1. The highest BCUT2D eigenvalue weighted by atomic mass is 16.5. The van der Waals surface area contributed by atoms with Crippen LogP contribution in [0.15, 0.2) is 48.8 Å². The van der Waals surface area contributed by atoms with Gasteiger partial charge in [-0.3, -0.25) is 9.78 Å². The van der Waals surface area contributed by atoms with E-state index in [2.05, 4.69) is 27.3 Å². The predicted octanol–water partition coefficient (Wildman–Crippen LogP) is 2.80. The molecule has 2 aromatic rings. The third-order valence-electron chi connectivity index (χ3n) is 4.93. The molecule has 1 fully saturated rings. The number of nitrogens with zero attached hydrogens (tertiary/aromatic N) is 2. The summed E-state index contributed by atoms with van der Waals surface area (Å²) in [5, 5.41) is 3.46. The number of benzene rings is 1. The van der Waals surface area contributed by atoms with Gasteiger partial charge in [-0.25, -0.2) is 0 Å². The molecule has 2 heterocycles. The second kappa shape index (κ2) is 9.34. The Hall–Kier alpha value is -2.40. The molecule has 1 N–H and O–H groups in total. The first kappa shape index (κ1) is 18.4. The number of aromatic nitrogens is 1. The van der Waals surface area contributed by atoms with Gasteiger partial charge in [-0.2, -0.15) is 0 Å². The molecule has 0 aliphatic carbocycles. The Morgan fingerprint density at radius 1 is 1.27 bits per heavy atom. The molecule has 5 heteroatoms. The largest absolute Gasteiger partial charge is 0.497 e. The van der Waals surface area contributed by atoms with Gasteiger partial charge in [-0.1, -0.05) is 18.2 Å². The van der Waals surface area contributed by atoms with Gasteiger partial charge in [-0.15, -0.1) is 0 Å². The quantitative estimate of drug-likeness (QED) is 0.705. The molecule has 1 aromatic carbocycles. The highest BCUT2D eigenvalue weighted by Gasteiger charge is 2.29. The van der Waals surface area contributed by atoms with Crippen LogP contribution in [0.4, 0.5) is 0 Å². The van der Waals surface area contributed by atoms with Crippen LogP contribution in [0.2, 0.25) is 0 Å². The van der Waals surface area contributed by atoms with E-state index < -0.39 is 0 Å². The minimum Gasteiger partial charge on any atom is -0.497 e. The lowest BCUT2D eigenvalue weighted by atomic mass is 10.1. The molecule has 1 aliphatic heterocycles. The number of hydrogen-bond acceptors (Lipinski definition) is 4. The van der Waals surface area contributed by atoms with Crippen molar-refractivity contribution in [1.29, 1.82) is 0 Å². The van der Waals surface area contributed by atoms with Crippen molar-refractivity contribution < 1.29 is 9.53 Å². The summed E-state index contributed by atoms with van der Waals surface area (Å²) in [5.41, 5.74) is 2.39. The molecule has 0 bridgehead atoms. The zero-order valence-electron chi connectivity index (χ0n) is 15.4. The Labute approximate surface area is 155 Å². The highest BCUT2D eigenvalue weighted by molar-refractivity contribution is 5.78. The SMILES string of the molecule is COc1cccc(CCN2C(=O)CC[C@H]2CCNCc2cccnc2)c1. The standard InChI is InChI=1S/C21H27N3O2/c1-26-20-6-2-4-17(14-20)10-13-24-19(7-8-21(24)25)9-12-23-16-18-5-3-11-22-15-18/h2-6,11,14-15,19,23H,7-10,12-13,16H2,1H3/t19-/m0/s1. The second-order valence-electron chi connectivity index (χ2n) is 6.71. The lowest BCUT2D eigenvalue weighted by Crippen LogP contribution is -2.36. The van der Waals surface area contributed by atoms with Crippen LogP contribution >= 0.6 is 0 Å². The van der Waals surface area contributed by atoms with Gasteiger partial charge >= 0.3 is 0 Å². The number of carbonyl (C=O) groups excluding carboxylic acids is 1. The van der Waals surface area contributed by atoms with Crippen molar-refractivity contribution in [2.75, 3.05) is 20.2 Å². The number of carbonyl (C=O) groups is 1. The minimum absolute atomic E-state index is 0.283. The third kappa shape index (κ3) is 5.05. The van der Waals surface area contributed by atoms with Crippen LogP contribution < -0.4 is 10.1 Å². The van der Waals surface area contributed by atoms with E-state index in [1.807, 2.05) is 30.5 Å². The molecule has 138 valence electrons. The first-order valence-corrected chi connectivity index (χ1v) is 9.28. The van der Waals surface area contributed by atoms with Gasteiger partial charge in [0.05, 0.1) is 7.11 Å². The Morgan fingerprint density at radius 3 is 2.96 bits per heavy atom. The topological polar surface area (TPSA) is 54.5 Å². The Bertz CT molecular complexity index is 705. The number of nitrogens with one attached hydrogen (secondary N) is 1. The zero-order chi connectivity index (χ0) is 18.2. The molecule has 0 radical (unpaired) electrons. The van der Waals surface area contributed by atoms with Crippen LogP contribution in [-0.2, 0) is 17.8 Å². The summed E-state index contributed by atoms with van der Waals surface area (Å²) in [5.74, 6) is 1.15. The summed E-state index contributed by atoms with van der Waals surface area (Å²) < 4.78 is 5.28. The van der Waals surface area contributed by atoms with Crippen LogP contribution in [0.25, 0.3) is 0 Å². The maximum atomic E-state index is 12.3. The molecule has 5 nitrogen and oxygen atoms in total. The Morgan fingerprint density at radius 2 is 2.15 bits per heavy atom. The van der Waals surface area contributed by atoms with Crippen LogP contribution in [-0.4, -0.2) is 42.0 Å². The molecule has 0 spiro atoms. The molecule has 1 atom stereocenters. The molecule has 1 saturated heterocycles. The zero-order valence-corrected chi connectivity index (χ0v) is 15.4. The molecule has 1 amide bonds. The van der Waals surface area contributed by atoms with Crippen molar-refractivity contribution in [2.45, 2.75) is 38.3 Å². The summed E-state index contributed by atoms with van der Waals surface area (Å²) >= 11 is 0. The molecule has 0 saturated carbocycles. The van der Waals surface area contributed by atoms with Crippen LogP contribution in [0.3, 0.4) is 0 Å². The molecule has 3 rings (SSSR count). The first-order valence-electron chi connectivity index (χ1n) is 9.28. The monoisotopic (exact) mass is 353 g/mol. The van der Waals surface area contributed by atoms with E-state index in [0.29, 0.717) is 12.5 Å². The van der Waals surface area contributed by atoms with Crippen LogP contribution in [0, 0.1) is 0 Å². The molecular formula is C21H27N3O2. The lowest BCUT2D eigenvalue weighted by Gasteiger charge is -2.25. The maximum absolute atomic E-state index is 12.3. The van der Waals surface area contributed by atoms with Gasteiger partial charge < -0.3 is 15.0 Å². The minimum atomic E-state index is 0.283. The first-order chi connectivity index (χ1) is 12.8. The second-order valence-corrected chi connectivity index (χ2v) is 6.71. The number of amides is 1. The number of ether oxygens (including phenoxy) is 1. The summed E-state index contributed by atoms with van der Waals surface area (Å²) in [6.07, 6.45) is 7.16. The summed E-state index contributed by atoms with van der Waals surface area (Å²) in [6.45, 7) is 2.50. The van der Waals surface area contributed by atoms with Gasteiger partial charge in [0.2, 0.25) is 5.91 Å². The van der Waals surface area contributed by atoms with Gasteiger partial charge in [0.25, 0.3) is 0 Å². The fourth-order valence-electron chi connectivity index (χ4n) is 3.48. The van der Waals surface area contributed by atoms with E-state index in [0.717, 1.165) is 44.6 Å². The summed E-state index contributed by atoms with van der Waals surface area (Å²) in [4.78, 5) is 18.4. The molecule has 1 aromatic heterocycles. The normalized spacial score (nSPS) is 16.9. The van der Waals surface area contributed by atoms with E-state index >= 15 is 0 Å². The number of rotatable bonds is 9. The number of hydrogen-bond donors (Lipinski definition) is 1. The predicted molar refractivity (Wildman–Crippen MR) is 102 cm³/mol. The fourth-order valence-corrected chi connectivity index (χ4v) is 3.48. The van der Waals surface area contributed by atoms with Crippen molar-refractivity contribution in [2.24, 2.45) is 0 Å². The van der Waals surface area contributed by atoms with Crippen molar-refractivity contribution in [3.05, 3.63) is 59.9 Å². The van der Waals surface area contributed by atoms with E-state index in [4.69, 9.17) is 4.74 Å². The van der Waals surface area contributed by atoms with E-state index in [1.165, 1.54) is 11.1 Å². The van der Waals surface area contributed by atoms with E-state index in [9.17, 15) is 4.79 Å². The van der Waals surface area contributed by atoms with E-state index in [-0.39, 0.29) is 5.91 Å². The Kier molecular flexibility index (Phi) is 6.61. The summed E-state index contributed by atoms with van der Waals surface area (Å²) in [7, 11) is 1.68. The smallest absolute Gasteiger partial charge is 0.222 e. The van der Waals surface area contributed by atoms with E-state index in [1.54, 1.807) is 13.3 Å². The summed E-state index contributed by atoms with van der Waals surface area (Å²) in [6, 6.07) is 12.4. The maximum Gasteiger partial charge on any atom is 0.222 e. The Balaban J connectivity index is 1.45. The molecule has 26 heavy (non-hydrogen) atoms. The van der Waals surface area contributed by atoms with Gasteiger partial charge in [0, 0.05) is 37.9 Å². The van der Waals surface area contributed by atoms with Gasteiger partial charge in [0.1, 0.15) is 5.75 Å². The van der Waals surface area contributed by atoms with Crippen molar-refractivity contribution in [1.82, 2.24) is 15.2 Å². The highest BCUT2D eigenvalue weighted by Crippen LogP contribution is 2.22. The number of pyridine rings is 1.